The molecule has 0 aliphatic carbocycles. The molecule has 0 heterocycles. The molecule has 0 aliphatic heterocycles. The largest absolute Gasteiger partial charge is 2.00 e. The quantitative estimate of drug-likeness (QED) is 0.202. The van der Waals surface area contributed by atoms with Gasteiger partial charge < -0.3 is 32.9 Å². The van der Waals surface area contributed by atoms with Gasteiger partial charge in [0, 0.05) is 13.2 Å². The van der Waals surface area contributed by atoms with E-state index in [1.54, 1.807) is 0 Å². The molecule has 0 amide bonds. The van der Waals surface area contributed by atoms with E-state index in [0.29, 0.717) is 6.79 Å². The van der Waals surface area contributed by atoms with Gasteiger partial charge in [-0.2, -0.15) is 13.3 Å². The van der Waals surface area contributed by atoms with Crippen LogP contribution in [0.3, 0.4) is 0 Å². The topological polar surface area (TPSA) is 18.5 Å². The average molecular weight is 362 g/mol. The van der Waals surface area contributed by atoms with Gasteiger partial charge in [-0.05, 0) is 12.8 Å². The zero-order chi connectivity index (χ0) is 13.5. The first-order valence-corrected chi connectivity index (χ1v) is 7.74. The summed E-state index contributed by atoms with van der Waals surface area (Å²) in [6.45, 7) is 8.83. The molecule has 0 saturated carbocycles. The molecule has 1 unspecified atom stereocenters. The van der Waals surface area contributed by atoms with Crippen LogP contribution in [0.2, 0.25) is 0 Å². The minimum absolute atomic E-state index is 0. The van der Waals surface area contributed by atoms with Crippen molar-refractivity contribution >= 4 is 23.1 Å². The number of unbranched alkanes of at least 4 members (excludes halogenated alkanes) is 4. The third-order valence-corrected chi connectivity index (χ3v) is 3.18. The van der Waals surface area contributed by atoms with E-state index in [4.69, 9.17) is 9.47 Å². The van der Waals surface area contributed by atoms with Crippen LogP contribution in [0.4, 0.5) is 0 Å². The number of hydrogen-bond donors (Lipinski definition) is 0. The van der Waals surface area contributed by atoms with Gasteiger partial charge in [-0.15, -0.1) is 0 Å². The molecule has 0 aromatic carbocycles. The van der Waals surface area contributed by atoms with Crippen molar-refractivity contribution in [3.63, 3.8) is 0 Å². The van der Waals surface area contributed by atoms with Gasteiger partial charge in [0.05, 0.1) is 0 Å². The van der Waals surface area contributed by atoms with E-state index in [1.807, 2.05) is 0 Å². The third-order valence-electron chi connectivity index (χ3n) is 3.18. The van der Waals surface area contributed by atoms with Crippen LogP contribution >= 0.6 is 0 Å². The van der Waals surface area contributed by atoms with Gasteiger partial charge in [-0.1, -0.05) is 51.9 Å². The second-order valence-corrected chi connectivity index (χ2v) is 5.24. The predicted molar refractivity (Wildman–Crippen MR) is 84.3 cm³/mol. The van der Waals surface area contributed by atoms with Gasteiger partial charge in [0.15, 0.2) is 0 Å². The minimum atomic E-state index is 0. The number of halogens is 1. The molecule has 0 aromatic heterocycles. The van der Waals surface area contributed by atoms with Crippen LogP contribution in [0.1, 0.15) is 72.1 Å². The van der Waals surface area contributed by atoms with Crippen molar-refractivity contribution in [1.82, 2.24) is 0 Å². The normalized spacial score (nSPS) is 11.6. The maximum atomic E-state index is 5.46. The Morgan fingerprint density at radius 1 is 0.950 bits per heavy atom. The second-order valence-electron chi connectivity index (χ2n) is 5.24. The summed E-state index contributed by atoms with van der Waals surface area (Å²) in [6.07, 6.45) is 12.3. The number of ether oxygens (including phenoxy) is 2. The Balaban J connectivity index is -0.00000144. The fourth-order valence-corrected chi connectivity index (χ4v) is 2.04. The van der Waals surface area contributed by atoms with Gasteiger partial charge in [0.1, 0.15) is 6.79 Å². The molecule has 20 heavy (non-hydrogen) atoms. The first-order chi connectivity index (χ1) is 8.81. The monoisotopic (exact) mass is 360 g/mol. The summed E-state index contributed by atoms with van der Waals surface area (Å²) in [5.41, 5.74) is 0. The van der Waals surface area contributed by atoms with Gasteiger partial charge in [0.25, 0.3) is 0 Å². The Labute approximate surface area is 153 Å². The van der Waals surface area contributed by atoms with Crippen LogP contribution < -0.4 is 17.0 Å². The standard InChI is InChI=1S/C16H33O2.BrH.Mg/c1-4-6-7-8-9-13-17-15-18-14-10-12-16(3)11-5-2;;/h5,16H,4,6-15H2,1-3H3;1H;/q-1;;+2/p-1. The van der Waals surface area contributed by atoms with Crippen molar-refractivity contribution in [3.8, 4) is 0 Å². The van der Waals surface area contributed by atoms with Gasteiger partial charge >= 0.3 is 23.1 Å². The van der Waals surface area contributed by atoms with Crippen LogP contribution in [0.5, 0.6) is 0 Å². The summed E-state index contributed by atoms with van der Waals surface area (Å²) in [5.74, 6) is 0.790. The van der Waals surface area contributed by atoms with Crippen molar-refractivity contribution in [2.24, 2.45) is 5.92 Å². The van der Waals surface area contributed by atoms with Gasteiger partial charge in [-0.25, -0.2) is 0 Å². The molecule has 0 rings (SSSR count). The molecule has 0 aromatic rings. The number of hydrogen-bond acceptors (Lipinski definition) is 2. The molecule has 0 bridgehead atoms. The van der Waals surface area contributed by atoms with E-state index >= 15 is 0 Å². The van der Waals surface area contributed by atoms with Crippen molar-refractivity contribution in [3.05, 3.63) is 6.42 Å². The van der Waals surface area contributed by atoms with Gasteiger partial charge in [-0.3, -0.25) is 0 Å². The van der Waals surface area contributed by atoms with Crippen LogP contribution in [-0.2, 0) is 9.47 Å². The molecular formula is C16H33BrMgO2. The van der Waals surface area contributed by atoms with E-state index in [9.17, 15) is 0 Å². The van der Waals surface area contributed by atoms with Crippen molar-refractivity contribution < 1.29 is 26.5 Å². The van der Waals surface area contributed by atoms with Crippen LogP contribution in [0.25, 0.3) is 0 Å². The van der Waals surface area contributed by atoms with Crippen molar-refractivity contribution in [2.75, 3.05) is 20.0 Å². The van der Waals surface area contributed by atoms with Crippen LogP contribution in [0, 0.1) is 12.3 Å². The smallest absolute Gasteiger partial charge is 1.00 e. The Morgan fingerprint density at radius 3 is 2.15 bits per heavy atom. The second kappa shape index (κ2) is 22.4. The Kier molecular flexibility index (Phi) is 29.3. The van der Waals surface area contributed by atoms with Crippen LogP contribution in [0.15, 0.2) is 0 Å². The fraction of sp³-hybridized carbons (Fsp3) is 0.938. The zero-order valence-electron chi connectivity index (χ0n) is 13.8. The zero-order valence-corrected chi connectivity index (χ0v) is 16.8. The molecule has 1 atom stereocenters. The molecule has 0 aliphatic rings. The third kappa shape index (κ3) is 21.5. The van der Waals surface area contributed by atoms with E-state index in [0.717, 1.165) is 25.6 Å². The molecule has 0 N–H and O–H groups in total. The molecule has 0 radical (unpaired) electrons. The Morgan fingerprint density at radius 2 is 1.55 bits per heavy atom. The molecule has 2 nitrogen and oxygen atoms in total. The first-order valence-electron chi connectivity index (χ1n) is 7.74. The van der Waals surface area contributed by atoms with E-state index in [-0.39, 0.29) is 40.0 Å². The molecular weight excluding hydrogens is 328 g/mol. The van der Waals surface area contributed by atoms with E-state index in [1.165, 1.54) is 44.9 Å². The summed E-state index contributed by atoms with van der Waals surface area (Å²) < 4.78 is 10.9. The molecule has 0 spiro atoms. The summed E-state index contributed by atoms with van der Waals surface area (Å²) in [6, 6.07) is 0. The summed E-state index contributed by atoms with van der Waals surface area (Å²) in [7, 11) is 0. The maximum absolute atomic E-state index is 5.46. The predicted octanol–water partition coefficient (Wildman–Crippen LogP) is 1.60. The molecule has 118 valence electrons. The van der Waals surface area contributed by atoms with Crippen molar-refractivity contribution in [2.45, 2.75) is 72.1 Å². The molecule has 4 heteroatoms. The fourth-order valence-electron chi connectivity index (χ4n) is 2.04. The maximum Gasteiger partial charge on any atom is 2.00 e. The summed E-state index contributed by atoms with van der Waals surface area (Å²) >= 11 is 0. The SMILES string of the molecule is C[CH-]CC(C)CCCOCOCCCCCCC.[Br-].[Mg+2]. The molecule has 0 saturated heterocycles. The van der Waals surface area contributed by atoms with Gasteiger partial charge in [0.2, 0.25) is 0 Å². The summed E-state index contributed by atoms with van der Waals surface area (Å²) in [5, 5.41) is 0. The van der Waals surface area contributed by atoms with E-state index < -0.39 is 0 Å². The Hall–Kier alpha value is 1.17. The van der Waals surface area contributed by atoms with E-state index in [2.05, 4.69) is 27.2 Å². The van der Waals surface area contributed by atoms with Crippen LogP contribution in [-0.4, -0.2) is 43.1 Å². The average Bonchev–Trinajstić information content (AvgIpc) is 2.36. The number of rotatable bonds is 14. The van der Waals surface area contributed by atoms with Crippen molar-refractivity contribution in [1.29, 1.82) is 0 Å². The first kappa shape index (κ1) is 26.1. The Bertz CT molecular complexity index is 159. The minimum Gasteiger partial charge on any atom is -1.00 e. The summed E-state index contributed by atoms with van der Waals surface area (Å²) in [4.78, 5) is 0. The molecule has 0 fully saturated rings.